The molecule has 3 N–H and O–H groups in total. The molecule has 3 rings (SSSR count). The van der Waals surface area contributed by atoms with Crippen LogP contribution >= 0.6 is 11.3 Å². The average molecular weight is 575 g/mol. The maximum atomic E-state index is 13.0. The number of methoxy groups -OCH3 is 2. The molecule has 0 spiro atoms. The van der Waals surface area contributed by atoms with Crippen LogP contribution in [0.2, 0.25) is 0 Å². The highest BCUT2D eigenvalue weighted by Crippen LogP contribution is 2.33. The van der Waals surface area contributed by atoms with Crippen molar-refractivity contribution in [3.63, 3.8) is 0 Å². The monoisotopic (exact) mass is 574 g/mol. The number of primary amides is 1. The minimum absolute atomic E-state index is 0.0980. The van der Waals surface area contributed by atoms with Crippen LogP contribution in [0.1, 0.15) is 86.5 Å². The van der Waals surface area contributed by atoms with Gasteiger partial charge in [0.05, 0.1) is 46.4 Å². The number of aryl methyl sites for hydroxylation is 1. The molecule has 10 heteroatoms. The molecule has 0 saturated carbocycles. The number of nitrogens with zero attached hydrogens (tertiary/aromatic N) is 2. The van der Waals surface area contributed by atoms with Gasteiger partial charge in [-0.05, 0) is 44.2 Å². The van der Waals surface area contributed by atoms with Crippen molar-refractivity contribution in [2.24, 2.45) is 17.6 Å². The van der Waals surface area contributed by atoms with Gasteiger partial charge in [0.25, 0.3) is 11.8 Å². The van der Waals surface area contributed by atoms with Gasteiger partial charge in [0.1, 0.15) is 11.3 Å². The van der Waals surface area contributed by atoms with Gasteiger partial charge in [0.2, 0.25) is 5.88 Å². The third kappa shape index (κ3) is 10.4. The van der Waals surface area contributed by atoms with E-state index in [2.05, 4.69) is 36.1 Å². The van der Waals surface area contributed by atoms with E-state index in [-0.39, 0.29) is 17.1 Å². The first-order valence-electron chi connectivity index (χ1n) is 13.8. The average Bonchev–Trinajstić information content (AvgIpc) is 3.30. The van der Waals surface area contributed by atoms with Crippen molar-refractivity contribution in [1.82, 2.24) is 9.97 Å². The second-order valence-corrected chi connectivity index (χ2v) is 10.4. The summed E-state index contributed by atoms with van der Waals surface area (Å²) in [6, 6.07) is 4.89. The number of carbonyl (C=O) groups excluding carboxylic acids is 2. The smallest absolute Gasteiger partial charge is 0.261 e. The van der Waals surface area contributed by atoms with Gasteiger partial charge in [-0.3, -0.25) is 9.59 Å². The zero-order valence-corrected chi connectivity index (χ0v) is 26.2. The van der Waals surface area contributed by atoms with E-state index in [1.54, 1.807) is 13.2 Å². The minimum atomic E-state index is -0.706. The zero-order chi connectivity index (χ0) is 30.2. The number of hydrogen-bond acceptors (Lipinski definition) is 8. The summed E-state index contributed by atoms with van der Waals surface area (Å²) in [7, 11) is 3.20. The topological polar surface area (TPSA) is 126 Å². The van der Waals surface area contributed by atoms with Gasteiger partial charge in [0.15, 0.2) is 0 Å². The van der Waals surface area contributed by atoms with Crippen LogP contribution in [0.5, 0.6) is 11.6 Å². The van der Waals surface area contributed by atoms with E-state index in [0.29, 0.717) is 28.1 Å². The number of aromatic nitrogens is 2. The number of thiazole rings is 1. The molecular weight excluding hydrogens is 528 g/mol. The maximum Gasteiger partial charge on any atom is 0.261 e. The standard InChI is InChI=1S/C18H18N4O4S.C10H22O.C2H6/c1-4-26-13-6-5-11-16(27-9(2)21-11)15(13)18(24)22-12-8-20-14(25-3)7-10(12)17(19)23;1-5-6-9(2)7-10(3)8-11-4;1-2/h5-8H,4H2,1-3H3,(H2,19,23)(H,22,24);9-10H,5-8H2,1-4H3;1-2H3. The number of ether oxygens (including phenoxy) is 3. The second kappa shape index (κ2) is 18.2. The Morgan fingerprint density at radius 2 is 1.82 bits per heavy atom. The van der Waals surface area contributed by atoms with Crippen molar-refractivity contribution in [3.05, 3.63) is 40.5 Å². The van der Waals surface area contributed by atoms with E-state index in [1.165, 1.54) is 50.0 Å². The van der Waals surface area contributed by atoms with Crippen molar-refractivity contribution in [2.45, 2.75) is 67.7 Å². The Morgan fingerprint density at radius 1 is 1.12 bits per heavy atom. The number of benzene rings is 1. The number of carbonyl (C=O) groups is 2. The van der Waals surface area contributed by atoms with Crippen molar-refractivity contribution in [1.29, 1.82) is 0 Å². The first-order chi connectivity index (χ1) is 19.1. The minimum Gasteiger partial charge on any atom is -0.493 e. The van der Waals surface area contributed by atoms with Gasteiger partial charge in [-0.1, -0.05) is 47.5 Å². The SMILES string of the molecule is CC.CCCC(C)CC(C)COC.CCOc1ccc2nc(C)sc2c1C(=O)Nc1cnc(OC)cc1C(N)=O. The Balaban J connectivity index is 0.000000520. The molecule has 0 saturated heterocycles. The van der Waals surface area contributed by atoms with E-state index in [0.717, 1.165) is 23.5 Å². The Bertz CT molecular complexity index is 1200. The molecule has 0 fully saturated rings. The molecule has 3 aromatic rings. The molecule has 2 atom stereocenters. The fraction of sp³-hybridized carbons (Fsp3) is 0.533. The quantitative estimate of drug-likeness (QED) is 0.241. The Labute approximate surface area is 242 Å². The molecule has 222 valence electrons. The van der Waals surface area contributed by atoms with Crippen LogP contribution in [0.3, 0.4) is 0 Å². The van der Waals surface area contributed by atoms with Gasteiger partial charge in [-0.15, -0.1) is 11.3 Å². The molecule has 2 amide bonds. The molecule has 0 aliphatic rings. The summed E-state index contributed by atoms with van der Waals surface area (Å²) >= 11 is 1.40. The van der Waals surface area contributed by atoms with Gasteiger partial charge in [-0.2, -0.15) is 0 Å². The molecule has 0 radical (unpaired) electrons. The number of rotatable bonds is 12. The van der Waals surface area contributed by atoms with Crippen molar-refractivity contribution >= 4 is 39.1 Å². The van der Waals surface area contributed by atoms with E-state index >= 15 is 0 Å². The third-order valence-electron chi connectivity index (χ3n) is 5.79. The predicted octanol–water partition coefficient (Wildman–Crippen LogP) is 6.88. The molecule has 2 unspecified atom stereocenters. The number of nitrogens with two attached hydrogens (primary N) is 1. The molecule has 2 heterocycles. The summed E-state index contributed by atoms with van der Waals surface area (Å²) in [5, 5.41) is 3.53. The number of nitrogens with one attached hydrogen (secondary N) is 1. The highest BCUT2D eigenvalue weighted by atomic mass is 32.1. The highest BCUT2D eigenvalue weighted by Gasteiger charge is 2.22. The lowest BCUT2D eigenvalue weighted by Crippen LogP contribution is -2.19. The number of anilines is 1. The third-order valence-corrected chi connectivity index (χ3v) is 6.80. The lowest BCUT2D eigenvalue weighted by Gasteiger charge is -2.15. The fourth-order valence-corrected chi connectivity index (χ4v) is 5.22. The maximum absolute atomic E-state index is 13.0. The van der Waals surface area contributed by atoms with Crippen molar-refractivity contribution in [2.75, 3.05) is 32.8 Å². The van der Waals surface area contributed by atoms with Gasteiger partial charge in [0, 0.05) is 19.8 Å². The Kier molecular flexibility index (Phi) is 15.8. The van der Waals surface area contributed by atoms with Crippen LogP contribution in [0, 0.1) is 18.8 Å². The fourth-order valence-electron chi connectivity index (χ4n) is 4.26. The summed E-state index contributed by atoms with van der Waals surface area (Å²) in [5.74, 6) is 1.10. The summed E-state index contributed by atoms with van der Waals surface area (Å²) < 4.78 is 16.4. The lowest BCUT2D eigenvalue weighted by atomic mass is 9.94. The molecule has 1 aromatic carbocycles. The molecule has 2 aromatic heterocycles. The second-order valence-electron chi connectivity index (χ2n) is 9.23. The predicted molar refractivity (Wildman–Crippen MR) is 164 cm³/mol. The molecular formula is C30H46N4O5S. The molecule has 0 aliphatic carbocycles. The van der Waals surface area contributed by atoms with Crippen LogP contribution in [0.15, 0.2) is 24.4 Å². The molecule has 0 bridgehead atoms. The Morgan fingerprint density at radius 3 is 2.40 bits per heavy atom. The summed E-state index contributed by atoms with van der Waals surface area (Å²) in [4.78, 5) is 33.2. The van der Waals surface area contributed by atoms with E-state index in [4.69, 9.17) is 19.9 Å². The zero-order valence-electron chi connectivity index (χ0n) is 25.4. The van der Waals surface area contributed by atoms with Gasteiger partial charge in [-0.25, -0.2) is 9.97 Å². The van der Waals surface area contributed by atoms with Crippen LogP contribution < -0.4 is 20.5 Å². The number of fused-ring (bicyclic) bond motifs is 1. The first kappa shape index (κ1) is 34.8. The van der Waals surface area contributed by atoms with Crippen LogP contribution in [0.25, 0.3) is 10.2 Å². The molecule has 9 nitrogen and oxygen atoms in total. The largest absolute Gasteiger partial charge is 0.493 e. The van der Waals surface area contributed by atoms with Gasteiger partial charge >= 0.3 is 0 Å². The first-order valence-corrected chi connectivity index (χ1v) is 14.6. The van der Waals surface area contributed by atoms with Crippen molar-refractivity contribution in [3.8, 4) is 11.6 Å². The Hall–Kier alpha value is -3.24. The molecule has 0 aliphatic heterocycles. The van der Waals surface area contributed by atoms with Crippen LogP contribution in [-0.2, 0) is 4.74 Å². The van der Waals surface area contributed by atoms with E-state index in [1.807, 2.05) is 33.8 Å². The highest BCUT2D eigenvalue weighted by molar-refractivity contribution is 7.19. The van der Waals surface area contributed by atoms with E-state index in [9.17, 15) is 9.59 Å². The summed E-state index contributed by atoms with van der Waals surface area (Å²) in [5.41, 5.74) is 6.76. The number of pyridine rings is 1. The van der Waals surface area contributed by atoms with Crippen LogP contribution in [0.4, 0.5) is 5.69 Å². The molecule has 40 heavy (non-hydrogen) atoms. The normalized spacial score (nSPS) is 11.8. The number of hydrogen-bond donors (Lipinski definition) is 2. The van der Waals surface area contributed by atoms with Gasteiger partial charge < -0.3 is 25.3 Å². The van der Waals surface area contributed by atoms with Crippen molar-refractivity contribution < 1.29 is 23.8 Å². The summed E-state index contributed by atoms with van der Waals surface area (Å²) in [6.07, 6.45) is 5.30. The van der Waals surface area contributed by atoms with E-state index < -0.39 is 11.8 Å². The summed E-state index contributed by atoms with van der Waals surface area (Å²) in [6.45, 7) is 15.9. The number of amides is 2. The van der Waals surface area contributed by atoms with Crippen LogP contribution in [-0.4, -0.2) is 49.2 Å². The lowest BCUT2D eigenvalue weighted by molar-refractivity contribution is 0.100.